The molecule has 0 saturated heterocycles. The normalized spacial score (nSPS) is 10.5. The van der Waals surface area contributed by atoms with E-state index in [1.165, 1.54) is 13.0 Å². The van der Waals surface area contributed by atoms with Gasteiger partial charge in [0.2, 0.25) is 5.91 Å². The first-order valence-electron chi connectivity index (χ1n) is 8.02. The van der Waals surface area contributed by atoms with Crippen LogP contribution in [0.2, 0.25) is 15.1 Å². The number of halogens is 3. The van der Waals surface area contributed by atoms with Crippen molar-refractivity contribution in [3.8, 4) is 11.1 Å². The molecule has 1 N–H and O–H groups in total. The van der Waals surface area contributed by atoms with E-state index in [9.17, 15) is 9.59 Å². The molecule has 3 aromatic carbocycles. The van der Waals surface area contributed by atoms with E-state index in [1.807, 2.05) is 24.3 Å². The zero-order valence-corrected chi connectivity index (χ0v) is 16.5. The van der Waals surface area contributed by atoms with E-state index in [1.54, 1.807) is 30.3 Å². The molecule has 136 valence electrons. The average Bonchev–Trinajstić information content (AvgIpc) is 2.63. The van der Waals surface area contributed by atoms with E-state index < -0.39 is 0 Å². The highest BCUT2D eigenvalue weighted by Crippen LogP contribution is 2.30. The highest BCUT2D eigenvalue weighted by Gasteiger charge is 2.17. The lowest BCUT2D eigenvalue weighted by Gasteiger charge is -2.10. The molecule has 3 rings (SSSR count). The Kier molecular flexibility index (Phi) is 5.85. The first-order valence-corrected chi connectivity index (χ1v) is 9.16. The third-order valence-electron chi connectivity index (χ3n) is 3.90. The van der Waals surface area contributed by atoms with Gasteiger partial charge >= 0.3 is 0 Å². The van der Waals surface area contributed by atoms with E-state index in [0.717, 1.165) is 11.1 Å². The van der Waals surface area contributed by atoms with Gasteiger partial charge in [-0.05, 0) is 53.6 Å². The number of nitrogens with one attached hydrogen (secondary N) is 1. The second-order valence-corrected chi connectivity index (χ2v) is 7.16. The van der Waals surface area contributed by atoms with Gasteiger partial charge < -0.3 is 5.32 Å². The van der Waals surface area contributed by atoms with Gasteiger partial charge in [-0.25, -0.2) is 0 Å². The average molecular weight is 419 g/mol. The van der Waals surface area contributed by atoms with Gasteiger partial charge in [0.05, 0.1) is 10.0 Å². The molecule has 0 unspecified atom stereocenters. The van der Waals surface area contributed by atoms with Gasteiger partial charge in [0.1, 0.15) is 0 Å². The van der Waals surface area contributed by atoms with Gasteiger partial charge in [-0.3, -0.25) is 9.59 Å². The Morgan fingerprint density at radius 3 is 2.11 bits per heavy atom. The number of carbonyl (C=O) groups excluding carboxylic acids is 2. The second-order valence-electron chi connectivity index (χ2n) is 5.91. The Hall–Kier alpha value is -2.33. The third-order valence-corrected chi connectivity index (χ3v) is 4.79. The van der Waals surface area contributed by atoms with Crippen LogP contribution in [0, 0.1) is 0 Å². The van der Waals surface area contributed by atoms with Crippen LogP contribution in [0.15, 0.2) is 60.7 Å². The SMILES string of the molecule is CC(=O)Nc1cccc(-c2ccc(Cl)c(C(=O)c3cc(Cl)ccc3Cl)c2)c1. The van der Waals surface area contributed by atoms with Crippen LogP contribution in [0.3, 0.4) is 0 Å². The Morgan fingerprint density at radius 2 is 1.41 bits per heavy atom. The molecule has 0 saturated carbocycles. The summed E-state index contributed by atoms with van der Waals surface area (Å²) in [4.78, 5) is 24.2. The largest absolute Gasteiger partial charge is 0.326 e. The Bertz CT molecular complexity index is 1050. The predicted molar refractivity (Wildman–Crippen MR) is 111 cm³/mol. The third kappa shape index (κ3) is 4.51. The van der Waals surface area contributed by atoms with Crippen molar-refractivity contribution in [2.75, 3.05) is 5.32 Å². The number of amides is 1. The topological polar surface area (TPSA) is 46.2 Å². The van der Waals surface area contributed by atoms with Gasteiger partial charge in [-0.1, -0.05) is 53.0 Å². The number of ketones is 1. The molecule has 0 radical (unpaired) electrons. The van der Waals surface area contributed by atoms with Crippen LogP contribution < -0.4 is 5.32 Å². The van der Waals surface area contributed by atoms with Crippen LogP contribution in [0.25, 0.3) is 11.1 Å². The summed E-state index contributed by atoms with van der Waals surface area (Å²) in [6, 6.07) is 17.2. The van der Waals surface area contributed by atoms with Crippen molar-refractivity contribution in [1.29, 1.82) is 0 Å². The highest BCUT2D eigenvalue weighted by molar-refractivity contribution is 6.39. The van der Waals surface area contributed by atoms with Crippen molar-refractivity contribution in [3.05, 3.63) is 86.9 Å². The van der Waals surface area contributed by atoms with Gasteiger partial charge in [-0.15, -0.1) is 0 Å². The molecule has 1 amide bonds. The number of rotatable bonds is 4. The molecule has 0 aromatic heterocycles. The summed E-state index contributed by atoms with van der Waals surface area (Å²) in [5.41, 5.74) is 2.90. The molecular weight excluding hydrogens is 405 g/mol. The van der Waals surface area contributed by atoms with E-state index in [0.29, 0.717) is 26.3 Å². The standard InChI is InChI=1S/C21H14Cl3NO2/c1-12(26)25-16-4-2-3-13(9-16)14-5-7-19(23)17(10-14)21(27)18-11-15(22)6-8-20(18)24/h2-11H,1H3,(H,25,26). The van der Waals surface area contributed by atoms with Gasteiger partial charge in [-0.2, -0.15) is 0 Å². The number of anilines is 1. The maximum Gasteiger partial charge on any atom is 0.221 e. The van der Waals surface area contributed by atoms with Gasteiger partial charge in [0.25, 0.3) is 0 Å². The van der Waals surface area contributed by atoms with E-state index in [-0.39, 0.29) is 17.3 Å². The number of benzene rings is 3. The van der Waals surface area contributed by atoms with Crippen molar-refractivity contribution in [2.24, 2.45) is 0 Å². The minimum atomic E-state index is -0.313. The molecule has 6 heteroatoms. The minimum absolute atomic E-state index is 0.158. The van der Waals surface area contributed by atoms with Gasteiger partial charge in [0, 0.05) is 28.8 Å². The number of hydrogen-bond donors (Lipinski definition) is 1. The molecular formula is C21H14Cl3NO2. The molecule has 0 fully saturated rings. The summed E-state index contributed by atoms with van der Waals surface area (Å²) in [7, 11) is 0. The van der Waals surface area contributed by atoms with Crippen molar-refractivity contribution >= 4 is 52.2 Å². The quantitative estimate of drug-likeness (QED) is 0.491. The predicted octanol–water partition coefficient (Wildman–Crippen LogP) is 6.50. The fourth-order valence-electron chi connectivity index (χ4n) is 2.68. The molecule has 0 spiro atoms. The Morgan fingerprint density at radius 1 is 0.778 bits per heavy atom. The van der Waals surface area contributed by atoms with Crippen molar-refractivity contribution < 1.29 is 9.59 Å². The van der Waals surface area contributed by atoms with Crippen LogP contribution in [-0.4, -0.2) is 11.7 Å². The van der Waals surface area contributed by atoms with Crippen molar-refractivity contribution in [2.45, 2.75) is 6.92 Å². The Labute approximate surface area is 171 Å². The minimum Gasteiger partial charge on any atom is -0.326 e. The second kappa shape index (κ2) is 8.13. The molecule has 0 heterocycles. The molecule has 3 nitrogen and oxygen atoms in total. The summed E-state index contributed by atoms with van der Waals surface area (Å²) in [6.07, 6.45) is 0. The van der Waals surface area contributed by atoms with Crippen LogP contribution in [0.1, 0.15) is 22.8 Å². The first-order chi connectivity index (χ1) is 12.8. The fourth-order valence-corrected chi connectivity index (χ4v) is 3.25. The van der Waals surface area contributed by atoms with Crippen LogP contribution in [-0.2, 0) is 4.79 Å². The van der Waals surface area contributed by atoms with E-state index in [2.05, 4.69) is 5.32 Å². The van der Waals surface area contributed by atoms with E-state index >= 15 is 0 Å². The summed E-state index contributed by atoms with van der Waals surface area (Å²) in [5.74, 6) is -0.470. The van der Waals surface area contributed by atoms with Crippen molar-refractivity contribution in [3.63, 3.8) is 0 Å². The molecule has 0 atom stereocenters. The molecule has 3 aromatic rings. The van der Waals surface area contributed by atoms with Crippen LogP contribution in [0.5, 0.6) is 0 Å². The molecule has 0 aliphatic heterocycles. The van der Waals surface area contributed by atoms with Gasteiger partial charge in [0.15, 0.2) is 5.78 Å². The zero-order valence-electron chi connectivity index (χ0n) is 14.2. The summed E-state index contributed by atoms with van der Waals surface area (Å²) >= 11 is 18.4. The number of carbonyl (C=O) groups is 2. The zero-order chi connectivity index (χ0) is 19.6. The maximum atomic E-state index is 13.0. The summed E-state index contributed by atoms with van der Waals surface area (Å²) < 4.78 is 0. The Balaban J connectivity index is 2.03. The highest BCUT2D eigenvalue weighted by atomic mass is 35.5. The molecule has 27 heavy (non-hydrogen) atoms. The monoisotopic (exact) mass is 417 g/mol. The first kappa shape index (κ1) is 19.4. The maximum absolute atomic E-state index is 13.0. The summed E-state index contributed by atoms with van der Waals surface area (Å²) in [5, 5.41) is 3.78. The summed E-state index contributed by atoms with van der Waals surface area (Å²) in [6.45, 7) is 1.44. The molecule has 0 bridgehead atoms. The lowest BCUT2D eigenvalue weighted by Crippen LogP contribution is -2.05. The fraction of sp³-hybridized carbons (Fsp3) is 0.0476. The van der Waals surface area contributed by atoms with Crippen LogP contribution >= 0.6 is 34.8 Å². The van der Waals surface area contributed by atoms with E-state index in [4.69, 9.17) is 34.8 Å². The van der Waals surface area contributed by atoms with Crippen molar-refractivity contribution in [1.82, 2.24) is 0 Å². The lowest BCUT2D eigenvalue weighted by atomic mass is 9.97. The molecule has 0 aliphatic carbocycles. The number of hydrogen-bond acceptors (Lipinski definition) is 2. The lowest BCUT2D eigenvalue weighted by molar-refractivity contribution is -0.114. The van der Waals surface area contributed by atoms with Crippen LogP contribution in [0.4, 0.5) is 5.69 Å². The smallest absolute Gasteiger partial charge is 0.221 e. The molecule has 0 aliphatic rings.